The molecule has 0 radical (unpaired) electrons. The van der Waals surface area contributed by atoms with Gasteiger partial charge in [0.15, 0.2) is 28.6 Å². The molecule has 1 atom stereocenters. The SMILES string of the molecule is C=CC(=O)N1CCC[C@H](Sn2cnc3c(N)nc(Nc4cc(F)c(N5CCN(C)CC5)c(F)c4)nc32)C1. The van der Waals surface area contributed by atoms with Gasteiger partial charge in [0.05, 0.1) is 0 Å². The van der Waals surface area contributed by atoms with Crippen molar-refractivity contribution < 1.29 is 13.6 Å². The predicted octanol–water partition coefficient (Wildman–Crippen LogP) is 2.86. The number of amides is 1. The molecule has 3 aromatic rings. The topological polar surface area (TPSA) is 108 Å². The van der Waals surface area contributed by atoms with E-state index in [0.717, 1.165) is 25.9 Å². The first-order valence-corrected chi connectivity index (χ1v) is 12.9. The number of nitrogen functional groups attached to an aromatic ring is 1. The minimum absolute atomic E-state index is 0.0273. The van der Waals surface area contributed by atoms with Crippen molar-refractivity contribution in [1.29, 1.82) is 0 Å². The highest BCUT2D eigenvalue weighted by Gasteiger charge is 2.25. The van der Waals surface area contributed by atoms with Gasteiger partial charge in [0.1, 0.15) is 12.0 Å². The molecule has 0 saturated carbocycles. The number of likely N-dealkylation sites (tertiary alicyclic amines) is 1. The number of carbonyl (C=O) groups excluding carboxylic acids is 1. The van der Waals surface area contributed by atoms with Crippen molar-refractivity contribution in [2.45, 2.75) is 18.1 Å². The van der Waals surface area contributed by atoms with Crippen LogP contribution in [0.3, 0.4) is 0 Å². The van der Waals surface area contributed by atoms with E-state index in [1.165, 1.54) is 30.2 Å². The summed E-state index contributed by atoms with van der Waals surface area (Å²) >= 11 is 1.50. The first-order valence-electron chi connectivity index (χ1n) is 12.1. The molecule has 2 fully saturated rings. The minimum Gasteiger partial charge on any atom is -0.382 e. The quantitative estimate of drug-likeness (QED) is 0.466. The van der Waals surface area contributed by atoms with Crippen molar-refractivity contribution in [1.82, 2.24) is 28.7 Å². The van der Waals surface area contributed by atoms with E-state index in [-0.39, 0.29) is 34.3 Å². The number of fused-ring (bicyclic) bond motifs is 1. The molecule has 0 bridgehead atoms. The lowest BCUT2D eigenvalue weighted by Crippen LogP contribution is -2.45. The summed E-state index contributed by atoms with van der Waals surface area (Å²) in [5.41, 5.74) is 7.18. The number of halogens is 2. The summed E-state index contributed by atoms with van der Waals surface area (Å²) in [5, 5.41) is 3.02. The molecule has 0 unspecified atom stereocenters. The maximum absolute atomic E-state index is 15.0. The number of nitrogens with zero attached hydrogens (tertiary/aromatic N) is 7. The number of piperidine rings is 1. The minimum atomic E-state index is -0.655. The zero-order valence-electron chi connectivity index (χ0n) is 20.5. The van der Waals surface area contributed by atoms with Gasteiger partial charge < -0.3 is 25.8 Å². The third-order valence-corrected chi connectivity index (χ3v) is 7.79. The lowest BCUT2D eigenvalue weighted by molar-refractivity contribution is -0.126. The van der Waals surface area contributed by atoms with E-state index in [0.29, 0.717) is 37.3 Å². The van der Waals surface area contributed by atoms with Gasteiger partial charge >= 0.3 is 0 Å². The first-order chi connectivity index (χ1) is 17.8. The van der Waals surface area contributed by atoms with Crippen LogP contribution in [0, 0.1) is 11.6 Å². The molecule has 196 valence electrons. The molecule has 13 heteroatoms. The lowest BCUT2D eigenvalue weighted by Gasteiger charge is -2.34. The highest BCUT2D eigenvalue weighted by molar-refractivity contribution is 7.98. The van der Waals surface area contributed by atoms with Crippen molar-refractivity contribution in [3.63, 3.8) is 0 Å². The van der Waals surface area contributed by atoms with E-state index in [4.69, 9.17) is 5.73 Å². The first kappa shape index (κ1) is 25.2. The fourth-order valence-electron chi connectivity index (χ4n) is 4.65. The predicted molar refractivity (Wildman–Crippen MR) is 142 cm³/mol. The highest BCUT2D eigenvalue weighted by Crippen LogP contribution is 2.31. The van der Waals surface area contributed by atoms with Crippen LogP contribution in [0.5, 0.6) is 0 Å². The van der Waals surface area contributed by atoms with Gasteiger partial charge in [-0.15, -0.1) is 0 Å². The van der Waals surface area contributed by atoms with E-state index in [1.807, 2.05) is 7.05 Å². The molecule has 2 aliphatic heterocycles. The average molecular weight is 530 g/mol. The van der Waals surface area contributed by atoms with Crippen LogP contribution in [0.1, 0.15) is 12.8 Å². The molecule has 5 rings (SSSR count). The second kappa shape index (κ2) is 10.5. The molecule has 4 heterocycles. The number of likely N-dealkylation sites (N-methyl/N-ethyl adjacent to an activating group) is 1. The number of rotatable bonds is 6. The van der Waals surface area contributed by atoms with Crippen molar-refractivity contribution in [2.75, 3.05) is 62.3 Å². The fourth-order valence-corrected chi connectivity index (χ4v) is 5.82. The second-order valence-electron chi connectivity index (χ2n) is 9.24. The summed E-state index contributed by atoms with van der Waals surface area (Å²) < 4.78 is 31.7. The molecule has 2 aliphatic rings. The Morgan fingerprint density at radius 2 is 1.92 bits per heavy atom. The Morgan fingerprint density at radius 3 is 2.62 bits per heavy atom. The summed E-state index contributed by atoms with van der Waals surface area (Å²) in [7, 11) is 1.98. The zero-order chi connectivity index (χ0) is 26.1. The Morgan fingerprint density at radius 1 is 1.19 bits per heavy atom. The molecule has 3 N–H and O–H groups in total. The van der Waals surface area contributed by atoms with E-state index >= 15 is 0 Å². The van der Waals surface area contributed by atoms with Gasteiger partial charge in [-0.25, -0.2) is 13.8 Å². The van der Waals surface area contributed by atoms with E-state index < -0.39 is 11.6 Å². The summed E-state index contributed by atoms with van der Waals surface area (Å²) in [6.07, 6.45) is 4.75. The number of imidazole rings is 1. The van der Waals surface area contributed by atoms with Crippen LogP contribution >= 0.6 is 11.9 Å². The molecule has 37 heavy (non-hydrogen) atoms. The summed E-state index contributed by atoms with van der Waals surface area (Å²) in [6.45, 7) is 7.44. The van der Waals surface area contributed by atoms with Gasteiger partial charge in [-0.3, -0.25) is 8.77 Å². The van der Waals surface area contributed by atoms with E-state index in [9.17, 15) is 13.6 Å². The van der Waals surface area contributed by atoms with Gasteiger partial charge in [-0.05, 0) is 50.0 Å². The number of aromatic nitrogens is 4. The van der Waals surface area contributed by atoms with Crippen LogP contribution in [-0.2, 0) is 4.79 Å². The van der Waals surface area contributed by atoms with Gasteiger partial charge in [0, 0.05) is 50.2 Å². The average Bonchev–Trinajstić information content (AvgIpc) is 3.27. The summed E-state index contributed by atoms with van der Waals surface area (Å²) in [5.74, 6) is -1.15. The largest absolute Gasteiger partial charge is 0.382 e. The van der Waals surface area contributed by atoms with Crippen molar-refractivity contribution in [3.8, 4) is 0 Å². The van der Waals surface area contributed by atoms with Gasteiger partial charge in [-0.2, -0.15) is 9.97 Å². The lowest BCUT2D eigenvalue weighted by atomic mass is 10.1. The van der Waals surface area contributed by atoms with Crippen LogP contribution < -0.4 is 16.0 Å². The third kappa shape index (κ3) is 5.32. The standard InChI is InChI=1S/C24H29F2N9OS/c1-3-19(36)34-6-4-5-16(13-34)37-35-14-28-20-22(27)30-24(31-23(20)35)29-15-11-17(25)21(18(26)12-15)33-9-7-32(2)8-10-33/h3,11-12,14,16H,1,4-10,13H2,2H3,(H3,27,29,30,31)/t16-/m0/s1. The molecule has 2 saturated heterocycles. The molecule has 2 aromatic heterocycles. The number of hydrogen-bond donors (Lipinski definition) is 2. The molecule has 1 amide bonds. The van der Waals surface area contributed by atoms with Crippen LogP contribution in [-0.4, -0.2) is 86.2 Å². The van der Waals surface area contributed by atoms with E-state index in [1.54, 1.807) is 20.1 Å². The number of hydrogen-bond acceptors (Lipinski definition) is 9. The third-order valence-electron chi connectivity index (χ3n) is 6.61. The number of piperazine rings is 1. The number of benzene rings is 1. The Kier molecular flexibility index (Phi) is 7.15. The van der Waals surface area contributed by atoms with Crippen molar-refractivity contribution in [3.05, 3.63) is 42.7 Å². The summed E-state index contributed by atoms with van der Waals surface area (Å²) in [4.78, 5) is 30.7. The van der Waals surface area contributed by atoms with Crippen LogP contribution in [0.25, 0.3) is 11.2 Å². The molecule has 0 spiro atoms. The number of anilines is 4. The monoisotopic (exact) mass is 529 g/mol. The molecule has 0 aliphatic carbocycles. The number of carbonyl (C=O) groups is 1. The Labute approximate surface area is 217 Å². The van der Waals surface area contributed by atoms with Crippen LogP contribution in [0.2, 0.25) is 0 Å². The molecule has 1 aromatic carbocycles. The zero-order valence-corrected chi connectivity index (χ0v) is 21.3. The second-order valence-corrected chi connectivity index (χ2v) is 10.5. The normalized spacial score (nSPS) is 18.8. The maximum atomic E-state index is 15.0. The molecule has 10 nitrogen and oxygen atoms in total. The fraction of sp³-hybridized carbons (Fsp3) is 0.417. The van der Waals surface area contributed by atoms with Crippen LogP contribution in [0.15, 0.2) is 31.1 Å². The smallest absolute Gasteiger partial charge is 0.245 e. The number of nitrogens with one attached hydrogen (secondary N) is 1. The van der Waals surface area contributed by atoms with Crippen molar-refractivity contribution >= 4 is 52.2 Å². The van der Waals surface area contributed by atoms with Crippen LogP contribution in [0.4, 0.5) is 31.9 Å². The Hall–Kier alpha value is -3.45. The van der Waals surface area contributed by atoms with Gasteiger partial charge in [-0.1, -0.05) is 6.58 Å². The Balaban J connectivity index is 1.36. The number of nitrogens with two attached hydrogens (primary N) is 1. The Bertz CT molecular complexity index is 1300. The van der Waals surface area contributed by atoms with Crippen molar-refractivity contribution in [2.24, 2.45) is 0 Å². The molecular weight excluding hydrogens is 500 g/mol. The highest BCUT2D eigenvalue weighted by atomic mass is 32.2. The van der Waals surface area contributed by atoms with Gasteiger partial charge in [0.2, 0.25) is 11.9 Å². The summed E-state index contributed by atoms with van der Waals surface area (Å²) in [6, 6.07) is 2.47. The van der Waals surface area contributed by atoms with E-state index in [2.05, 4.69) is 31.7 Å². The maximum Gasteiger partial charge on any atom is 0.245 e. The van der Waals surface area contributed by atoms with Gasteiger partial charge in [0.25, 0.3) is 0 Å². The molecular formula is C24H29F2N9OS.